The molecule has 1 spiro atoms. The van der Waals surface area contributed by atoms with Crippen molar-refractivity contribution < 1.29 is 24.0 Å². The van der Waals surface area contributed by atoms with Crippen LogP contribution >= 0.6 is 0 Å². The molecule has 0 radical (unpaired) electrons. The van der Waals surface area contributed by atoms with Crippen LogP contribution in [0.4, 0.5) is 0 Å². The van der Waals surface area contributed by atoms with E-state index in [0.717, 1.165) is 16.8 Å². The summed E-state index contributed by atoms with van der Waals surface area (Å²) in [7, 11) is 2.98. The second-order valence-corrected chi connectivity index (χ2v) is 6.77. The van der Waals surface area contributed by atoms with Crippen LogP contribution in [0.1, 0.15) is 43.7 Å². The number of amides is 1. The van der Waals surface area contributed by atoms with Crippen LogP contribution in [0.15, 0.2) is 35.2 Å². The zero-order chi connectivity index (χ0) is 19.6. The van der Waals surface area contributed by atoms with Gasteiger partial charge in [-0.05, 0) is 43.7 Å². The molecule has 1 aliphatic carbocycles. The van der Waals surface area contributed by atoms with Gasteiger partial charge in [-0.3, -0.25) is 14.4 Å². The minimum Gasteiger partial charge on any atom is -0.428 e. The fraction of sp³-hybridized carbons (Fsp3) is 0.450. The van der Waals surface area contributed by atoms with Crippen LogP contribution in [0.25, 0.3) is 5.57 Å². The first-order valence-electron chi connectivity index (χ1n) is 8.91. The predicted molar refractivity (Wildman–Crippen MR) is 99.4 cm³/mol. The van der Waals surface area contributed by atoms with E-state index >= 15 is 0 Å². The van der Waals surface area contributed by atoms with Gasteiger partial charge in [0, 0.05) is 6.92 Å². The van der Waals surface area contributed by atoms with E-state index in [1.807, 2.05) is 31.2 Å². The smallest absolute Gasteiger partial charge is 0.307 e. The monoisotopic (exact) mass is 372 g/mol. The molecule has 0 aromatic heterocycles. The molecule has 7 nitrogen and oxygen atoms in total. The number of ether oxygens (including phenoxy) is 1. The second kappa shape index (κ2) is 7.52. The molecule has 7 heteroatoms. The van der Waals surface area contributed by atoms with E-state index in [-0.39, 0.29) is 5.91 Å². The van der Waals surface area contributed by atoms with Crippen molar-refractivity contribution in [2.45, 2.75) is 45.1 Å². The molecule has 3 rings (SSSR count). The summed E-state index contributed by atoms with van der Waals surface area (Å²) in [6.07, 6.45) is 2.30. The summed E-state index contributed by atoms with van der Waals surface area (Å²) in [4.78, 5) is 35.5. The van der Waals surface area contributed by atoms with Crippen molar-refractivity contribution in [2.75, 3.05) is 14.2 Å². The number of nitrogens with zero attached hydrogens (tertiary/aromatic N) is 2. The highest BCUT2D eigenvalue weighted by Crippen LogP contribution is 2.48. The Kier molecular flexibility index (Phi) is 5.32. The molecule has 0 bridgehead atoms. The van der Waals surface area contributed by atoms with E-state index in [0.29, 0.717) is 37.0 Å². The molecule has 1 saturated carbocycles. The van der Waals surface area contributed by atoms with E-state index in [1.165, 1.54) is 26.2 Å². The molecular formula is C20H24N2O5. The fourth-order valence-electron chi connectivity index (χ4n) is 3.96. The molecule has 144 valence electrons. The second-order valence-electron chi connectivity index (χ2n) is 6.77. The molecule has 1 aliphatic heterocycles. The maximum absolute atomic E-state index is 13.3. The van der Waals surface area contributed by atoms with Crippen LogP contribution in [0, 0.1) is 6.92 Å². The average molecular weight is 372 g/mol. The van der Waals surface area contributed by atoms with Gasteiger partial charge in [0.2, 0.25) is 0 Å². The van der Waals surface area contributed by atoms with Gasteiger partial charge in [-0.1, -0.05) is 29.4 Å². The zero-order valence-corrected chi connectivity index (χ0v) is 16.1. The Balaban J connectivity index is 2.16. The molecule has 1 fully saturated rings. The van der Waals surface area contributed by atoms with Gasteiger partial charge in [-0.2, -0.15) is 0 Å². The SMILES string of the molecule is CON=C1CCC2(CC1)C(OC(C)=O)=C(c1ccccc1C)C(=O)N2OC. The molecule has 1 heterocycles. The number of hydroxylamine groups is 2. The number of rotatable bonds is 4. The first-order chi connectivity index (χ1) is 12.9. The summed E-state index contributed by atoms with van der Waals surface area (Å²) in [5.74, 6) is -0.389. The van der Waals surface area contributed by atoms with Crippen molar-refractivity contribution >= 4 is 23.2 Å². The summed E-state index contributed by atoms with van der Waals surface area (Å²) in [6.45, 7) is 3.27. The van der Waals surface area contributed by atoms with E-state index in [9.17, 15) is 9.59 Å². The highest BCUT2D eigenvalue weighted by Gasteiger charge is 2.56. The zero-order valence-electron chi connectivity index (χ0n) is 16.1. The van der Waals surface area contributed by atoms with E-state index in [1.54, 1.807) is 0 Å². The van der Waals surface area contributed by atoms with Gasteiger partial charge in [-0.25, -0.2) is 5.06 Å². The number of oxime groups is 1. The number of carbonyl (C=O) groups is 2. The van der Waals surface area contributed by atoms with Crippen molar-refractivity contribution in [1.82, 2.24) is 5.06 Å². The molecule has 0 atom stereocenters. The molecule has 1 aromatic carbocycles. The summed E-state index contributed by atoms with van der Waals surface area (Å²) < 4.78 is 5.65. The van der Waals surface area contributed by atoms with Gasteiger partial charge < -0.3 is 9.57 Å². The molecule has 27 heavy (non-hydrogen) atoms. The van der Waals surface area contributed by atoms with Crippen LogP contribution < -0.4 is 0 Å². The highest BCUT2D eigenvalue weighted by atomic mass is 16.7. The Morgan fingerprint density at radius 2 is 1.85 bits per heavy atom. The number of hydrogen-bond acceptors (Lipinski definition) is 6. The Morgan fingerprint density at radius 3 is 2.41 bits per heavy atom. The van der Waals surface area contributed by atoms with Crippen molar-refractivity contribution in [2.24, 2.45) is 5.16 Å². The standard InChI is InChI=1S/C20H24N2O5/c1-13-7-5-6-8-16(13)17-18(27-14(2)23)20(22(26-4)19(17)24)11-9-15(10-12-20)21-25-3/h5-8H,9-12H2,1-4H3. The predicted octanol–water partition coefficient (Wildman–Crippen LogP) is 2.99. The summed E-state index contributed by atoms with van der Waals surface area (Å²) >= 11 is 0. The quantitative estimate of drug-likeness (QED) is 0.600. The third kappa shape index (κ3) is 3.23. The van der Waals surface area contributed by atoms with E-state index < -0.39 is 11.5 Å². The minimum absolute atomic E-state index is 0.296. The van der Waals surface area contributed by atoms with Crippen LogP contribution in [0.5, 0.6) is 0 Å². The topological polar surface area (TPSA) is 77.4 Å². The maximum Gasteiger partial charge on any atom is 0.307 e. The first-order valence-corrected chi connectivity index (χ1v) is 8.91. The Morgan fingerprint density at radius 1 is 1.19 bits per heavy atom. The molecule has 0 N–H and O–H groups in total. The van der Waals surface area contributed by atoms with E-state index in [4.69, 9.17) is 14.4 Å². The third-order valence-corrected chi connectivity index (χ3v) is 5.15. The lowest BCUT2D eigenvalue weighted by Gasteiger charge is -2.40. The van der Waals surface area contributed by atoms with Crippen molar-refractivity contribution in [3.63, 3.8) is 0 Å². The summed E-state index contributed by atoms with van der Waals surface area (Å²) in [5, 5.41) is 5.39. The van der Waals surface area contributed by atoms with Crippen LogP contribution in [0.3, 0.4) is 0 Å². The van der Waals surface area contributed by atoms with Crippen molar-refractivity contribution in [3.05, 3.63) is 41.2 Å². The molecule has 0 unspecified atom stereocenters. The number of esters is 1. The lowest BCUT2D eigenvalue weighted by Crippen LogP contribution is -2.50. The van der Waals surface area contributed by atoms with Crippen LogP contribution in [-0.2, 0) is 24.0 Å². The Bertz CT molecular complexity index is 817. The highest BCUT2D eigenvalue weighted by molar-refractivity contribution is 6.23. The molecule has 0 saturated heterocycles. The largest absolute Gasteiger partial charge is 0.428 e. The lowest BCUT2D eigenvalue weighted by atomic mass is 9.79. The van der Waals surface area contributed by atoms with Gasteiger partial charge >= 0.3 is 5.97 Å². The maximum atomic E-state index is 13.3. The summed E-state index contributed by atoms with van der Waals surface area (Å²) in [6, 6.07) is 7.55. The molecule has 1 aromatic rings. The molecule has 2 aliphatic rings. The third-order valence-electron chi connectivity index (χ3n) is 5.15. The number of benzene rings is 1. The van der Waals surface area contributed by atoms with Gasteiger partial charge in [0.15, 0.2) is 0 Å². The first kappa shape index (κ1) is 19.1. The van der Waals surface area contributed by atoms with E-state index in [2.05, 4.69) is 5.16 Å². The molecule has 1 amide bonds. The normalized spacial score (nSPS) is 22.4. The average Bonchev–Trinajstić information content (AvgIpc) is 2.85. The Hall–Kier alpha value is -2.67. The number of hydrogen-bond donors (Lipinski definition) is 0. The number of carbonyl (C=O) groups excluding carboxylic acids is 2. The van der Waals surface area contributed by atoms with Gasteiger partial charge in [-0.15, -0.1) is 0 Å². The van der Waals surface area contributed by atoms with Crippen molar-refractivity contribution in [1.29, 1.82) is 0 Å². The number of aryl methyl sites for hydroxylation is 1. The summed E-state index contributed by atoms with van der Waals surface area (Å²) in [5.41, 5.74) is 2.14. The van der Waals surface area contributed by atoms with Gasteiger partial charge in [0.25, 0.3) is 5.91 Å². The fourth-order valence-corrected chi connectivity index (χ4v) is 3.96. The molecular weight excluding hydrogens is 348 g/mol. The lowest BCUT2D eigenvalue weighted by molar-refractivity contribution is -0.200. The minimum atomic E-state index is -0.831. The van der Waals surface area contributed by atoms with Crippen LogP contribution in [0.2, 0.25) is 0 Å². The van der Waals surface area contributed by atoms with Crippen molar-refractivity contribution in [3.8, 4) is 0 Å². The van der Waals surface area contributed by atoms with Gasteiger partial charge in [0.1, 0.15) is 18.4 Å². The van der Waals surface area contributed by atoms with Gasteiger partial charge in [0.05, 0.1) is 18.4 Å². The Labute approximate surface area is 158 Å². The van der Waals surface area contributed by atoms with Crippen LogP contribution in [-0.4, -0.2) is 42.4 Å².